The maximum atomic E-state index is 13.3. The molecule has 2 heterocycles. The third-order valence-electron chi connectivity index (χ3n) is 17.0. The highest BCUT2D eigenvalue weighted by Gasteiger charge is 2.51. The number of aliphatic hydroxyl groups is 8. The van der Waals surface area contributed by atoms with Crippen LogP contribution in [0.2, 0.25) is 0 Å². The molecule has 0 aromatic heterocycles. The molecular formula is C66H127NO13. The molecule has 0 spiro atoms. The Morgan fingerprint density at radius 2 is 0.775 bits per heavy atom. The van der Waals surface area contributed by atoms with Crippen molar-refractivity contribution in [2.75, 3.05) is 19.8 Å². The maximum absolute atomic E-state index is 13.3. The third kappa shape index (κ3) is 36.5. The molecule has 0 aromatic carbocycles. The van der Waals surface area contributed by atoms with Crippen molar-refractivity contribution in [3.8, 4) is 0 Å². The second-order valence-electron chi connectivity index (χ2n) is 24.3. The van der Waals surface area contributed by atoms with E-state index in [1.54, 1.807) is 6.08 Å². The number of allylic oxidation sites excluding steroid dienone is 1. The number of unbranched alkanes of at least 4 members (excludes halogenated alkanes) is 43. The van der Waals surface area contributed by atoms with E-state index in [1.807, 2.05) is 6.08 Å². The smallest absolute Gasteiger partial charge is 0.220 e. The van der Waals surface area contributed by atoms with Crippen LogP contribution in [0.5, 0.6) is 0 Å². The minimum absolute atomic E-state index is 0.232. The summed E-state index contributed by atoms with van der Waals surface area (Å²) in [5, 5.41) is 87.2. The fourth-order valence-corrected chi connectivity index (χ4v) is 11.5. The first-order valence-corrected chi connectivity index (χ1v) is 33.9. The van der Waals surface area contributed by atoms with E-state index in [0.717, 1.165) is 38.5 Å². The molecule has 2 aliphatic rings. The fourth-order valence-electron chi connectivity index (χ4n) is 11.5. The Hall–Kier alpha value is -1.27. The number of nitrogens with one attached hydrogen (secondary N) is 1. The minimum atomic E-state index is -1.79. The lowest BCUT2D eigenvalue weighted by atomic mass is 9.97. The van der Waals surface area contributed by atoms with Gasteiger partial charge in [0.05, 0.1) is 32.0 Å². The molecule has 80 heavy (non-hydrogen) atoms. The summed E-state index contributed by atoms with van der Waals surface area (Å²) in [6, 6.07) is -0.910. The molecule has 0 saturated carbocycles. The van der Waals surface area contributed by atoms with Crippen LogP contribution in [0.4, 0.5) is 0 Å². The van der Waals surface area contributed by atoms with Crippen LogP contribution in [-0.2, 0) is 23.7 Å². The van der Waals surface area contributed by atoms with Crippen LogP contribution < -0.4 is 5.32 Å². The number of hydrogen-bond donors (Lipinski definition) is 9. The average Bonchev–Trinajstić information content (AvgIpc) is 3.46. The summed E-state index contributed by atoms with van der Waals surface area (Å²) in [5.74, 6) is -0.232. The zero-order chi connectivity index (χ0) is 58.1. The van der Waals surface area contributed by atoms with E-state index < -0.39 is 86.8 Å². The van der Waals surface area contributed by atoms with E-state index in [9.17, 15) is 45.6 Å². The van der Waals surface area contributed by atoms with Gasteiger partial charge in [0.2, 0.25) is 5.91 Å². The van der Waals surface area contributed by atoms with Crippen molar-refractivity contribution in [3.05, 3.63) is 12.2 Å². The summed E-state index contributed by atoms with van der Waals surface area (Å²) in [7, 11) is 0. The van der Waals surface area contributed by atoms with Gasteiger partial charge in [-0.3, -0.25) is 4.79 Å². The Labute approximate surface area is 488 Å². The number of carbonyl (C=O) groups excluding carboxylic acids is 1. The van der Waals surface area contributed by atoms with E-state index in [0.29, 0.717) is 6.42 Å². The van der Waals surface area contributed by atoms with Crippen LogP contribution in [0, 0.1) is 0 Å². The molecule has 4 unspecified atom stereocenters. The average molecular weight is 1140 g/mol. The van der Waals surface area contributed by atoms with Crippen molar-refractivity contribution in [1.29, 1.82) is 0 Å². The highest BCUT2D eigenvalue weighted by Crippen LogP contribution is 2.30. The molecule has 0 aliphatic carbocycles. The van der Waals surface area contributed by atoms with E-state index >= 15 is 0 Å². The zero-order valence-electron chi connectivity index (χ0n) is 51.4. The van der Waals surface area contributed by atoms with Crippen LogP contribution in [0.25, 0.3) is 0 Å². The lowest BCUT2D eigenvalue weighted by Gasteiger charge is -2.46. The summed E-state index contributed by atoms with van der Waals surface area (Å²) in [6.45, 7) is 2.84. The number of ether oxygens (including phenoxy) is 4. The van der Waals surface area contributed by atoms with Crippen molar-refractivity contribution >= 4 is 5.91 Å². The van der Waals surface area contributed by atoms with Crippen molar-refractivity contribution in [3.63, 3.8) is 0 Å². The summed E-state index contributed by atoms with van der Waals surface area (Å²) >= 11 is 0. The van der Waals surface area contributed by atoms with Crippen molar-refractivity contribution in [1.82, 2.24) is 5.32 Å². The largest absolute Gasteiger partial charge is 0.394 e. The first-order valence-electron chi connectivity index (χ1n) is 33.9. The van der Waals surface area contributed by atoms with Gasteiger partial charge in [-0.15, -0.1) is 0 Å². The van der Waals surface area contributed by atoms with Gasteiger partial charge in [-0.25, -0.2) is 0 Å². The van der Waals surface area contributed by atoms with Gasteiger partial charge in [0.25, 0.3) is 0 Å². The van der Waals surface area contributed by atoms with Gasteiger partial charge in [-0.05, 0) is 19.3 Å². The molecule has 14 nitrogen and oxygen atoms in total. The van der Waals surface area contributed by atoms with Gasteiger partial charge in [-0.2, -0.15) is 0 Å². The number of rotatable bonds is 56. The summed E-state index contributed by atoms with van der Waals surface area (Å²) in [6.07, 6.45) is 45.7. The highest BCUT2D eigenvalue weighted by molar-refractivity contribution is 5.76. The van der Waals surface area contributed by atoms with Gasteiger partial charge in [-0.1, -0.05) is 296 Å². The monoisotopic (exact) mass is 1140 g/mol. The number of carbonyl (C=O) groups is 1. The first kappa shape index (κ1) is 74.8. The van der Waals surface area contributed by atoms with Crippen LogP contribution in [-0.4, -0.2) is 140 Å². The van der Waals surface area contributed by atoms with Gasteiger partial charge in [0, 0.05) is 6.42 Å². The van der Waals surface area contributed by atoms with E-state index in [4.69, 9.17) is 18.9 Å². The van der Waals surface area contributed by atoms with Crippen LogP contribution >= 0.6 is 0 Å². The molecule has 474 valence electrons. The lowest BCUT2D eigenvalue weighted by molar-refractivity contribution is -0.359. The zero-order valence-corrected chi connectivity index (χ0v) is 51.4. The molecule has 0 radical (unpaired) electrons. The first-order chi connectivity index (χ1) is 39.1. The van der Waals surface area contributed by atoms with Crippen molar-refractivity contribution in [2.24, 2.45) is 0 Å². The molecule has 2 saturated heterocycles. The molecule has 2 fully saturated rings. The quantitative estimate of drug-likeness (QED) is 0.0204. The number of hydrogen-bond acceptors (Lipinski definition) is 13. The molecule has 1 amide bonds. The topological polar surface area (TPSA) is 228 Å². The molecule has 14 heteroatoms. The number of amides is 1. The SMILES string of the molecule is CCCCCCCCCCCCCC/C=C/[C@@H](O)[C@H](CO[C@@H]1O[C@H](CO)[C@@H](O[C@@H]2O[C@H](CO)[C@H](O)C(O)C2O)C(O)C1O)NC(=O)CCCCCCCCCCCCCCCCCCCCCCCCCCCCCCCCCC. The minimum Gasteiger partial charge on any atom is -0.394 e. The molecule has 2 rings (SSSR count). The molecule has 2 aliphatic heterocycles. The summed E-state index contributed by atoms with van der Waals surface area (Å²) < 4.78 is 22.8. The Morgan fingerprint density at radius 1 is 0.438 bits per heavy atom. The predicted molar refractivity (Wildman–Crippen MR) is 323 cm³/mol. The van der Waals surface area contributed by atoms with Crippen molar-refractivity contribution < 1.29 is 64.6 Å². The third-order valence-corrected chi connectivity index (χ3v) is 17.0. The van der Waals surface area contributed by atoms with Gasteiger partial charge >= 0.3 is 0 Å². The highest BCUT2D eigenvalue weighted by atomic mass is 16.7. The fraction of sp³-hybridized carbons (Fsp3) is 0.955. The molecular weight excluding hydrogens is 1010 g/mol. The molecule has 0 bridgehead atoms. The van der Waals surface area contributed by atoms with Gasteiger partial charge in [0.15, 0.2) is 12.6 Å². The Kier molecular flexibility index (Phi) is 48.7. The van der Waals surface area contributed by atoms with E-state index in [2.05, 4.69) is 19.2 Å². The van der Waals surface area contributed by atoms with Crippen LogP contribution in [0.15, 0.2) is 12.2 Å². The maximum Gasteiger partial charge on any atom is 0.220 e. The Bertz CT molecular complexity index is 1390. The normalized spacial score (nSPS) is 24.2. The van der Waals surface area contributed by atoms with Crippen LogP contribution in [0.3, 0.4) is 0 Å². The van der Waals surface area contributed by atoms with Crippen LogP contribution in [0.1, 0.15) is 309 Å². The lowest BCUT2D eigenvalue weighted by Crippen LogP contribution is -2.65. The second kappa shape index (κ2) is 52.1. The number of aliphatic hydroxyl groups excluding tert-OH is 8. The molecule has 0 aromatic rings. The van der Waals surface area contributed by atoms with Crippen molar-refractivity contribution in [2.45, 2.75) is 383 Å². The van der Waals surface area contributed by atoms with Gasteiger partial charge < -0.3 is 65.1 Å². The Morgan fingerprint density at radius 3 is 1.15 bits per heavy atom. The van der Waals surface area contributed by atoms with E-state index in [-0.39, 0.29) is 18.9 Å². The second-order valence-corrected chi connectivity index (χ2v) is 24.3. The summed E-state index contributed by atoms with van der Waals surface area (Å²) in [5.41, 5.74) is 0. The summed E-state index contributed by atoms with van der Waals surface area (Å²) in [4.78, 5) is 13.3. The van der Waals surface area contributed by atoms with Gasteiger partial charge in [0.1, 0.15) is 48.8 Å². The Balaban J connectivity index is 1.62. The molecule has 9 N–H and O–H groups in total. The predicted octanol–water partition coefficient (Wildman–Crippen LogP) is 13.0. The molecule has 12 atom stereocenters. The van der Waals surface area contributed by atoms with E-state index in [1.165, 1.54) is 244 Å². The standard InChI is InChI=1S/C66H127NO13/c1-3-5-7-9-11-13-15-17-19-20-21-22-23-24-25-26-27-28-29-30-31-32-33-34-35-36-38-40-42-44-46-48-50-58(71)67-54(55(70)49-47-45-43-41-39-37-18-16-14-12-10-8-6-4-2)53-77-65-63(76)61(74)64(57(52-69)79-65)80-66-62(75)60(73)59(72)56(51-68)78-66/h47,49,54-57,59-66,68-70,72-76H,3-46,48,50-53H2,1-2H3,(H,67,71)/b49-47+/t54-,55+,56+,57+,59-,60?,61?,62?,63?,64+,65+,66-/m0/s1.